The van der Waals surface area contributed by atoms with E-state index in [1.54, 1.807) is 17.7 Å². The van der Waals surface area contributed by atoms with Crippen LogP contribution in [0.5, 0.6) is 0 Å². The van der Waals surface area contributed by atoms with Crippen molar-refractivity contribution >= 4 is 69.1 Å². The van der Waals surface area contributed by atoms with E-state index in [9.17, 15) is 19.5 Å². The first kappa shape index (κ1) is 22.2. The molecule has 2 aliphatic rings. The Morgan fingerprint density at radius 3 is 2.85 bits per heavy atom. The topological polar surface area (TPSA) is 163 Å². The average molecular weight is 532 g/mol. The fourth-order valence-electron chi connectivity index (χ4n) is 3.26. The summed E-state index contributed by atoms with van der Waals surface area (Å²) in [5, 5.41) is 18.5. The molecular formula is C19H17N6NaO5S3. The second-order valence-electron chi connectivity index (χ2n) is 6.76. The van der Waals surface area contributed by atoms with Crippen molar-refractivity contribution in [3.05, 3.63) is 44.5 Å². The molecule has 0 saturated carbocycles. The van der Waals surface area contributed by atoms with Gasteiger partial charge in [0.25, 0.3) is 11.8 Å². The van der Waals surface area contributed by atoms with Gasteiger partial charge in [0.15, 0.2) is 10.8 Å². The summed E-state index contributed by atoms with van der Waals surface area (Å²) >= 11 is 3.63. The number of nitrogens with one attached hydrogen (secondary N) is 1. The Balaban J connectivity index is 0.00000380. The minimum atomic E-state index is -2.93. The number of aryl methyl sites for hydroxylation is 1. The van der Waals surface area contributed by atoms with E-state index in [0.29, 0.717) is 5.57 Å². The van der Waals surface area contributed by atoms with Gasteiger partial charge in [-0.2, -0.15) is 0 Å². The number of nitrogen functional groups attached to an aromatic ring is 1. The number of oxime groups is 1. The summed E-state index contributed by atoms with van der Waals surface area (Å²) < 4.78 is 21.4. The Morgan fingerprint density at radius 2 is 2.24 bits per heavy atom. The second-order valence-corrected chi connectivity index (χ2v) is 9.64. The van der Waals surface area contributed by atoms with E-state index in [0.717, 1.165) is 26.8 Å². The van der Waals surface area contributed by atoms with Gasteiger partial charge in [-0.3, -0.25) is 14.5 Å². The SMILES string of the molecule is [2H]C([2H])([2H])O/N=C(\C(=O)N[C@@H]1C(=O)N2C(C(=O)[O-])=C(/C=C\c3scnc3C)CS[C@H]12)c1csc(N)n1.[Na+]. The van der Waals surface area contributed by atoms with Crippen LogP contribution in [0.2, 0.25) is 0 Å². The number of anilines is 1. The fourth-order valence-corrected chi connectivity index (χ4v) is 5.82. The monoisotopic (exact) mass is 531 g/mol. The van der Waals surface area contributed by atoms with Crippen LogP contribution < -0.4 is 45.7 Å². The van der Waals surface area contributed by atoms with E-state index in [2.05, 4.69) is 25.3 Å². The Labute approximate surface area is 232 Å². The van der Waals surface area contributed by atoms with Gasteiger partial charge in [-0.1, -0.05) is 11.2 Å². The first-order chi connectivity index (χ1) is 17.0. The molecule has 2 atom stereocenters. The van der Waals surface area contributed by atoms with Gasteiger partial charge >= 0.3 is 29.6 Å². The van der Waals surface area contributed by atoms with Crippen molar-refractivity contribution in [2.75, 3.05) is 18.5 Å². The van der Waals surface area contributed by atoms with Crippen LogP contribution in [0.15, 0.2) is 33.4 Å². The maximum absolute atomic E-state index is 12.9. The third-order valence-corrected chi connectivity index (χ3v) is 7.69. The number of thioether (sulfide) groups is 1. The Bertz CT molecular complexity index is 1320. The quantitative estimate of drug-likeness (QED) is 0.164. The number of carboxylic acids is 1. The zero-order valence-electron chi connectivity index (χ0n) is 20.8. The molecule has 0 radical (unpaired) electrons. The van der Waals surface area contributed by atoms with E-state index >= 15 is 0 Å². The van der Waals surface area contributed by atoms with Gasteiger partial charge in [0, 0.05) is 16.0 Å². The molecule has 1 saturated heterocycles. The second kappa shape index (κ2) is 11.0. The number of carboxylic acid groups (broad SMARTS) is 1. The molecule has 0 aromatic carbocycles. The van der Waals surface area contributed by atoms with Crippen molar-refractivity contribution in [1.82, 2.24) is 20.2 Å². The van der Waals surface area contributed by atoms with E-state index < -0.39 is 41.9 Å². The van der Waals surface area contributed by atoms with Gasteiger partial charge in [-0.25, -0.2) is 9.97 Å². The number of amides is 2. The van der Waals surface area contributed by atoms with Crippen LogP contribution in [-0.2, 0) is 19.2 Å². The number of aliphatic carboxylic acids is 1. The molecule has 2 amide bonds. The summed E-state index contributed by atoms with van der Waals surface area (Å²) in [5.41, 5.74) is 7.62. The molecule has 0 unspecified atom stereocenters. The smallest absolute Gasteiger partial charge is 0.543 e. The molecule has 2 aromatic heterocycles. The van der Waals surface area contributed by atoms with Gasteiger partial charge in [0.05, 0.1) is 27.0 Å². The summed E-state index contributed by atoms with van der Waals surface area (Å²) in [7, 11) is -2.93. The summed E-state index contributed by atoms with van der Waals surface area (Å²) in [6.45, 7) is 1.82. The molecular weight excluding hydrogens is 511 g/mol. The molecule has 15 heteroatoms. The maximum Gasteiger partial charge on any atom is 1.00 e. The van der Waals surface area contributed by atoms with Crippen molar-refractivity contribution in [2.24, 2.45) is 5.16 Å². The largest absolute Gasteiger partial charge is 1.00 e. The van der Waals surface area contributed by atoms with E-state index in [-0.39, 0.29) is 51.8 Å². The maximum atomic E-state index is 12.9. The molecule has 34 heavy (non-hydrogen) atoms. The van der Waals surface area contributed by atoms with Crippen molar-refractivity contribution in [2.45, 2.75) is 18.3 Å². The third kappa shape index (κ3) is 5.06. The number of hydrogen-bond acceptors (Lipinski definition) is 12. The molecule has 0 spiro atoms. The summed E-state index contributed by atoms with van der Waals surface area (Å²) in [6, 6.07) is -1.10. The van der Waals surface area contributed by atoms with Gasteiger partial charge in [-0.05, 0) is 18.6 Å². The fraction of sp³-hybridized carbons (Fsp3) is 0.263. The van der Waals surface area contributed by atoms with Crippen LogP contribution in [0.3, 0.4) is 0 Å². The Morgan fingerprint density at radius 1 is 1.44 bits per heavy atom. The van der Waals surface area contributed by atoms with Crippen molar-refractivity contribution in [3.8, 4) is 0 Å². The molecule has 11 nitrogen and oxygen atoms in total. The predicted octanol–water partition coefficient (Wildman–Crippen LogP) is -3.04. The minimum Gasteiger partial charge on any atom is -0.543 e. The van der Waals surface area contributed by atoms with Crippen molar-refractivity contribution in [3.63, 3.8) is 0 Å². The zero-order valence-corrected chi connectivity index (χ0v) is 22.3. The van der Waals surface area contributed by atoms with Crippen LogP contribution in [0.25, 0.3) is 6.08 Å². The van der Waals surface area contributed by atoms with Crippen LogP contribution in [0, 0.1) is 6.92 Å². The van der Waals surface area contributed by atoms with Gasteiger partial charge in [-0.15, -0.1) is 34.4 Å². The number of rotatable bonds is 7. The molecule has 3 N–H and O–H groups in total. The number of thiazole rings is 2. The Hall–Kier alpha value is -2.23. The first-order valence-corrected chi connectivity index (χ1v) is 12.0. The van der Waals surface area contributed by atoms with Gasteiger partial charge in [0.2, 0.25) is 0 Å². The predicted molar refractivity (Wildman–Crippen MR) is 123 cm³/mol. The number of aromatic nitrogens is 2. The number of β-lactam (4-membered cyclic amide) rings is 1. The molecule has 2 aromatic rings. The van der Waals surface area contributed by atoms with Crippen LogP contribution in [0.1, 0.15) is 20.4 Å². The first-order valence-electron chi connectivity index (χ1n) is 10.7. The standard InChI is InChI=1S/C19H18N6O5S3.Na/c1-8-11(33-7-21-8)4-3-9-5-31-17-13(16(27)25(17)14(9)18(28)29)23-15(26)12(24-30-2)10-6-32-19(20)22-10;/h3-4,6-7,13,17H,5H2,1-2H3,(H2,20,22)(H,23,26)(H,28,29);/q;+1/p-1/b4-3-,24-12-;/t13-,17-;/m1./s1/i2D3;. The number of nitrogens with zero attached hydrogens (tertiary/aromatic N) is 4. The number of fused-ring (bicyclic) bond motifs is 1. The number of carbonyl (C=O) groups is 3. The van der Waals surface area contributed by atoms with E-state index in [4.69, 9.17) is 9.85 Å². The third-order valence-electron chi connectivity index (χ3n) is 4.81. The summed E-state index contributed by atoms with van der Waals surface area (Å²) in [6.07, 6.45) is 3.33. The molecule has 0 bridgehead atoms. The molecule has 172 valence electrons. The number of nitrogens with two attached hydrogens (primary N) is 1. The molecule has 4 rings (SSSR count). The molecule has 4 heterocycles. The zero-order chi connectivity index (χ0) is 26.2. The molecule has 0 aliphatic carbocycles. The number of allylic oxidation sites excluding steroid dienone is 1. The summed E-state index contributed by atoms with van der Waals surface area (Å²) in [4.78, 5) is 52.1. The minimum absolute atomic E-state index is 0. The van der Waals surface area contributed by atoms with Gasteiger partial charge < -0.3 is 25.8 Å². The molecule has 1 fully saturated rings. The van der Waals surface area contributed by atoms with Crippen LogP contribution in [-0.4, -0.2) is 62.6 Å². The van der Waals surface area contributed by atoms with E-state index in [1.807, 2.05) is 6.92 Å². The van der Waals surface area contributed by atoms with Gasteiger partial charge in [0.1, 0.15) is 24.1 Å². The average Bonchev–Trinajstić information content (AvgIpc) is 3.42. The van der Waals surface area contributed by atoms with Crippen LogP contribution >= 0.6 is 34.4 Å². The van der Waals surface area contributed by atoms with E-state index in [1.165, 1.54) is 28.5 Å². The van der Waals surface area contributed by atoms with Crippen molar-refractivity contribution < 1.29 is 58.0 Å². The number of carbonyl (C=O) groups excluding carboxylic acids is 3. The Kier molecular flexibility index (Phi) is 7.20. The summed E-state index contributed by atoms with van der Waals surface area (Å²) in [5.74, 6) is -2.89. The van der Waals surface area contributed by atoms with Crippen molar-refractivity contribution in [1.29, 1.82) is 0 Å². The normalized spacial score (nSPS) is 21.7. The van der Waals surface area contributed by atoms with Crippen LogP contribution in [0.4, 0.5) is 5.13 Å². The number of hydrogen-bond donors (Lipinski definition) is 2. The molecule has 2 aliphatic heterocycles.